The van der Waals surface area contributed by atoms with E-state index < -0.39 is 32.6 Å². The molecule has 0 N–H and O–H groups in total. The normalized spacial score (nSPS) is 19.5. The monoisotopic (exact) mass is 312 g/mol. The zero-order valence-electron chi connectivity index (χ0n) is 11.3. The molecule has 0 amide bonds. The van der Waals surface area contributed by atoms with Crippen LogP contribution >= 0.6 is 0 Å². The Morgan fingerprint density at radius 3 is 2.71 bits per heavy atom. The van der Waals surface area contributed by atoms with Crippen LogP contribution in [0.25, 0.3) is 0 Å². The van der Waals surface area contributed by atoms with Crippen molar-refractivity contribution in [3.8, 4) is 0 Å². The summed E-state index contributed by atoms with van der Waals surface area (Å²) in [5.74, 6) is -1.72. The number of sulfonamides is 1. The fourth-order valence-corrected chi connectivity index (χ4v) is 4.36. The van der Waals surface area contributed by atoms with Crippen molar-refractivity contribution in [3.63, 3.8) is 0 Å². The minimum absolute atomic E-state index is 0.223. The van der Waals surface area contributed by atoms with Gasteiger partial charge in [0.05, 0.1) is 6.04 Å². The maximum atomic E-state index is 13.8. The predicted molar refractivity (Wildman–Crippen MR) is 73.1 cm³/mol. The molecule has 0 saturated heterocycles. The van der Waals surface area contributed by atoms with Gasteiger partial charge in [0.1, 0.15) is 16.5 Å². The lowest BCUT2D eigenvalue weighted by molar-refractivity contribution is 0.281. The Labute approximate surface area is 121 Å². The number of aromatic nitrogens is 1. The molecule has 1 unspecified atom stereocenters. The van der Waals surface area contributed by atoms with Gasteiger partial charge in [0.15, 0.2) is 0 Å². The molecule has 0 fully saturated rings. The summed E-state index contributed by atoms with van der Waals surface area (Å²) in [6, 6.07) is 5.70. The highest BCUT2D eigenvalue weighted by Gasteiger charge is 2.35. The van der Waals surface area contributed by atoms with E-state index in [9.17, 15) is 17.2 Å². The van der Waals surface area contributed by atoms with Gasteiger partial charge >= 0.3 is 0 Å². The first-order chi connectivity index (χ1) is 9.91. The minimum Gasteiger partial charge on any atom is -0.349 e. The van der Waals surface area contributed by atoms with Crippen molar-refractivity contribution >= 4 is 10.0 Å². The molecule has 1 aromatic carbocycles. The molecule has 1 aliphatic rings. The van der Waals surface area contributed by atoms with Gasteiger partial charge in [-0.3, -0.25) is 0 Å². The maximum absolute atomic E-state index is 13.8. The van der Waals surface area contributed by atoms with Crippen molar-refractivity contribution in [2.45, 2.75) is 24.4 Å². The molecule has 0 saturated carbocycles. The number of rotatable bonds is 2. The molecule has 2 aromatic rings. The van der Waals surface area contributed by atoms with Crippen LogP contribution < -0.4 is 0 Å². The summed E-state index contributed by atoms with van der Waals surface area (Å²) < 4.78 is 55.5. The van der Waals surface area contributed by atoms with Crippen LogP contribution in [0.2, 0.25) is 0 Å². The highest BCUT2D eigenvalue weighted by Crippen LogP contribution is 2.32. The van der Waals surface area contributed by atoms with Crippen LogP contribution in [-0.2, 0) is 16.6 Å². The molecule has 112 valence electrons. The van der Waals surface area contributed by atoms with Crippen molar-refractivity contribution in [2.24, 2.45) is 0 Å². The third kappa shape index (κ3) is 2.26. The molecule has 21 heavy (non-hydrogen) atoms. The zero-order valence-corrected chi connectivity index (χ0v) is 12.1. The average molecular weight is 312 g/mol. The summed E-state index contributed by atoms with van der Waals surface area (Å²) >= 11 is 0. The second kappa shape index (κ2) is 4.92. The molecular formula is C14H14F2N2O2S. The van der Waals surface area contributed by atoms with Crippen LogP contribution in [0.4, 0.5) is 8.78 Å². The number of hydrogen-bond donors (Lipinski definition) is 0. The fourth-order valence-electron chi connectivity index (χ4n) is 2.69. The van der Waals surface area contributed by atoms with Crippen molar-refractivity contribution in [1.29, 1.82) is 0 Å². The molecular weight excluding hydrogens is 298 g/mol. The van der Waals surface area contributed by atoms with E-state index in [0.717, 1.165) is 23.9 Å². The first kappa shape index (κ1) is 14.2. The van der Waals surface area contributed by atoms with Gasteiger partial charge in [0.25, 0.3) is 0 Å². The Kier molecular flexibility index (Phi) is 3.33. The van der Waals surface area contributed by atoms with Gasteiger partial charge < -0.3 is 4.57 Å². The molecule has 3 rings (SSSR count). The average Bonchev–Trinajstić information content (AvgIpc) is 2.91. The molecule has 0 radical (unpaired) electrons. The summed E-state index contributed by atoms with van der Waals surface area (Å²) in [6.45, 7) is 2.45. The second-order valence-corrected chi connectivity index (χ2v) is 6.85. The predicted octanol–water partition coefficient (Wildman–Crippen LogP) is 2.53. The molecule has 1 atom stereocenters. The molecule has 1 aliphatic heterocycles. The summed E-state index contributed by atoms with van der Waals surface area (Å²) in [6.07, 6.45) is 1.87. The topological polar surface area (TPSA) is 42.3 Å². The van der Waals surface area contributed by atoms with Crippen LogP contribution in [0, 0.1) is 11.6 Å². The molecule has 7 heteroatoms. The molecule has 0 bridgehead atoms. The van der Waals surface area contributed by atoms with E-state index in [1.807, 2.05) is 22.9 Å². The Morgan fingerprint density at radius 2 is 1.95 bits per heavy atom. The first-order valence-corrected chi connectivity index (χ1v) is 7.97. The Hall–Kier alpha value is -1.73. The Morgan fingerprint density at radius 1 is 1.19 bits per heavy atom. The van der Waals surface area contributed by atoms with Gasteiger partial charge in [-0.25, -0.2) is 17.2 Å². The van der Waals surface area contributed by atoms with Crippen LogP contribution in [0.15, 0.2) is 41.4 Å². The van der Waals surface area contributed by atoms with Gasteiger partial charge in [-0.05, 0) is 37.3 Å². The van der Waals surface area contributed by atoms with Crippen molar-refractivity contribution in [1.82, 2.24) is 8.87 Å². The number of nitrogens with zero attached hydrogens (tertiary/aromatic N) is 2. The Balaban J connectivity index is 2.05. The lowest BCUT2D eigenvalue weighted by Crippen LogP contribution is -2.40. The zero-order chi connectivity index (χ0) is 15.2. The standard InChI is InChI=1S/C14H14F2N2O2S/c1-10-13-3-2-6-17(13)7-8-18(10)21(19,20)14-9-11(15)4-5-12(14)16/h2-6,9-10H,7-8H2,1H3. The highest BCUT2D eigenvalue weighted by molar-refractivity contribution is 7.89. The summed E-state index contributed by atoms with van der Waals surface area (Å²) in [4.78, 5) is -0.616. The van der Waals surface area contributed by atoms with Gasteiger partial charge in [0, 0.05) is 25.0 Å². The lowest BCUT2D eigenvalue weighted by Gasteiger charge is -2.33. The molecule has 2 heterocycles. The third-order valence-electron chi connectivity index (χ3n) is 3.77. The summed E-state index contributed by atoms with van der Waals surface area (Å²) in [5, 5.41) is 0. The van der Waals surface area contributed by atoms with Crippen molar-refractivity contribution in [3.05, 3.63) is 53.9 Å². The number of benzene rings is 1. The van der Waals surface area contributed by atoms with E-state index in [-0.39, 0.29) is 6.54 Å². The van der Waals surface area contributed by atoms with E-state index in [1.54, 1.807) is 6.92 Å². The largest absolute Gasteiger partial charge is 0.349 e. The molecule has 4 nitrogen and oxygen atoms in total. The Bertz CT molecular complexity index is 786. The van der Waals surface area contributed by atoms with Crippen LogP contribution in [0.1, 0.15) is 18.7 Å². The van der Waals surface area contributed by atoms with Crippen molar-refractivity contribution in [2.75, 3.05) is 6.54 Å². The van der Waals surface area contributed by atoms with Gasteiger partial charge in [-0.2, -0.15) is 4.31 Å². The van der Waals surface area contributed by atoms with E-state index in [4.69, 9.17) is 0 Å². The first-order valence-electron chi connectivity index (χ1n) is 6.53. The molecule has 0 aliphatic carbocycles. The van der Waals surface area contributed by atoms with Gasteiger partial charge in [-0.15, -0.1) is 0 Å². The molecule has 0 spiro atoms. The minimum atomic E-state index is -4.08. The van der Waals surface area contributed by atoms with E-state index in [2.05, 4.69) is 0 Å². The number of halogens is 2. The summed E-state index contributed by atoms with van der Waals surface area (Å²) in [5.41, 5.74) is 0.835. The second-order valence-electron chi connectivity index (χ2n) is 4.99. The maximum Gasteiger partial charge on any atom is 0.246 e. The van der Waals surface area contributed by atoms with Crippen molar-refractivity contribution < 1.29 is 17.2 Å². The van der Waals surface area contributed by atoms with E-state index in [0.29, 0.717) is 6.54 Å². The fraction of sp³-hybridized carbons (Fsp3) is 0.286. The highest BCUT2D eigenvalue weighted by atomic mass is 32.2. The van der Waals surface area contributed by atoms with E-state index >= 15 is 0 Å². The third-order valence-corrected chi connectivity index (χ3v) is 5.75. The lowest BCUT2D eigenvalue weighted by atomic mass is 10.2. The van der Waals surface area contributed by atoms with Gasteiger partial charge in [0.2, 0.25) is 10.0 Å². The number of hydrogen-bond acceptors (Lipinski definition) is 2. The molecule has 1 aromatic heterocycles. The summed E-state index contributed by atoms with van der Waals surface area (Å²) in [7, 11) is -4.08. The van der Waals surface area contributed by atoms with E-state index in [1.165, 1.54) is 4.31 Å². The number of fused-ring (bicyclic) bond motifs is 1. The smallest absolute Gasteiger partial charge is 0.246 e. The quantitative estimate of drug-likeness (QED) is 0.855. The SMILES string of the molecule is CC1c2cccn2CCN1S(=O)(=O)c1cc(F)ccc1F. The van der Waals surface area contributed by atoms with Crippen LogP contribution in [0.3, 0.4) is 0 Å². The van der Waals surface area contributed by atoms with Crippen LogP contribution in [0.5, 0.6) is 0 Å². The van der Waals surface area contributed by atoms with Crippen LogP contribution in [-0.4, -0.2) is 23.8 Å². The van der Waals surface area contributed by atoms with Gasteiger partial charge in [-0.1, -0.05) is 0 Å².